The fourth-order valence-corrected chi connectivity index (χ4v) is 4.12. The van der Waals surface area contributed by atoms with E-state index in [4.69, 9.17) is 17.3 Å². The van der Waals surface area contributed by atoms with E-state index in [0.29, 0.717) is 23.0 Å². The highest BCUT2D eigenvalue weighted by Gasteiger charge is 2.21. The Bertz CT molecular complexity index is 583. The quantitative estimate of drug-likeness (QED) is 0.847. The summed E-state index contributed by atoms with van der Waals surface area (Å²) < 4.78 is 27.4. The monoisotopic (exact) mass is 316 g/mol. The normalized spacial score (nSPS) is 16.1. The fourth-order valence-electron chi connectivity index (χ4n) is 2.46. The summed E-state index contributed by atoms with van der Waals surface area (Å²) in [5.41, 5.74) is 7.06. The van der Waals surface area contributed by atoms with Crippen LogP contribution >= 0.6 is 11.6 Å². The SMILES string of the molecule is Cc1c(CN)cc(Cl)cc1S(=O)(=O)NCCC1CCC1. The highest BCUT2D eigenvalue weighted by atomic mass is 35.5. The van der Waals surface area contributed by atoms with E-state index in [-0.39, 0.29) is 11.4 Å². The van der Waals surface area contributed by atoms with Crippen LogP contribution in [-0.4, -0.2) is 15.0 Å². The summed E-state index contributed by atoms with van der Waals surface area (Å²) in [5.74, 6) is 0.678. The third kappa shape index (κ3) is 3.52. The molecule has 0 aromatic heterocycles. The lowest BCUT2D eigenvalue weighted by atomic mass is 9.83. The zero-order valence-corrected chi connectivity index (χ0v) is 13.2. The van der Waals surface area contributed by atoms with E-state index in [1.54, 1.807) is 13.0 Å². The first-order chi connectivity index (χ1) is 9.44. The summed E-state index contributed by atoms with van der Waals surface area (Å²) in [4.78, 5) is 0.235. The topological polar surface area (TPSA) is 72.2 Å². The fraction of sp³-hybridized carbons (Fsp3) is 0.571. The molecule has 0 heterocycles. The molecular formula is C14H21ClN2O2S. The molecule has 0 amide bonds. The van der Waals surface area contributed by atoms with E-state index in [9.17, 15) is 8.42 Å². The van der Waals surface area contributed by atoms with Gasteiger partial charge in [-0.05, 0) is 42.5 Å². The van der Waals surface area contributed by atoms with Crippen molar-refractivity contribution in [1.29, 1.82) is 0 Å². The van der Waals surface area contributed by atoms with Crippen LogP contribution in [0.1, 0.15) is 36.8 Å². The van der Waals surface area contributed by atoms with Crippen LogP contribution in [0.15, 0.2) is 17.0 Å². The van der Waals surface area contributed by atoms with Gasteiger partial charge in [-0.1, -0.05) is 30.9 Å². The van der Waals surface area contributed by atoms with Crippen LogP contribution in [0, 0.1) is 12.8 Å². The molecule has 1 fully saturated rings. The minimum absolute atomic E-state index is 0.235. The van der Waals surface area contributed by atoms with Crippen LogP contribution in [0.5, 0.6) is 0 Å². The van der Waals surface area contributed by atoms with Crippen LogP contribution < -0.4 is 10.5 Å². The maximum absolute atomic E-state index is 12.4. The standard InChI is InChI=1S/C14H21ClN2O2S/c1-10-12(9-16)7-13(15)8-14(10)20(18,19)17-6-5-11-3-2-4-11/h7-8,11,17H,2-6,9,16H2,1H3. The number of rotatable bonds is 6. The summed E-state index contributed by atoms with van der Waals surface area (Å²) in [6.07, 6.45) is 4.61. The van der Waals surface area contributed by atoms with Crippen molar-refractivity contribution in [3.8, 4) is 0 Å². The Hall–Kier alpha value is -0.620. The summed E-state index contributed by atoms with van der Waals surface area (Å²) in [6.45, 7) is 2.52. The van der Waals surface area contributed by atoms with Gasteiger partial charge >= 0.3 is 0 Å². The first-order valence-electron chi connectivity index (χ1n) is 6.93. The van der Waals surface area contributed by atoms with Gasteiger partial charge in [0.05, 0.1) is 4.90 Å². The Labute approximate surface area is 125 Å². The molecule has 0 radical (unpaired) electrons. The van der Waals surface area contributed by atoms with E-state index in [1.165, 1.54) is 25.3 Å². The highest BCUT2D eigenvalue weighted by molar-refractivity contribution is 7.89. The molecule has 4 nitrogen and oxygen atoms in total. The van der Waals surface area contributed by atoms with Crippen molar-refractivity contribution in [3.63, 3.8) is 0 Å². The lowest BCUT2D eigenvalue weighted by molar-refractivity contribution is 0.297. The first-order valence-corrected chi connectivity index (χ1v) is 8.79. The van der Waals surface area contributed by atoms with E-state index in [0.717, 1.165) is 12.0 Å². The number of hydrogen-bond acceptors (Lipinski definition) is 3. The molecule has 1 aromatic carbocycles. The maximum Gasteiger partial charge on any atom is 0.240 e. The second kappa shape index (κ2) is 6.43. The Morgan fingerprint density at radius 3 is 2.65 bits per heavy atom. The molecule has 1 aliphatic rings. The smallest absolute Gasteiger partial charge is 0.240 e. The van der Waals surface area contributed by atoms with Gasteiger partial charge in [-0.25, -0.2) is 13.1 Å². The van der Waals surface area contributed by atoms with E-state index >= 15 is 0 Å². The van der Waals surface area contributed by atoms with Crippen molar-refractivity contribution in [1.82, 2.24) is 4.72 Å². The Morgan fingerprint density at radius 2 is 2.10 bits per heavy atom. The largest absolute Gasteiger partial charge is 0.326 e. The third-order valence-electron chi connectivity index (χ3n) is 4.01. The second-order valence-electron chi connectivity index (χ2n) is 5.38. The molecule has 1 saturated carbocycles. The molecule has 112 valence electrons. The molecule has 0 unspecified atom stereocenters. The Kier molecular flexibility index (Phi) is 5.07. The second-order valence-corrected chi connectivity index (χ2v) is 7.55. The molecule has 6 heteroatoms. The number of nitrogens with two attached hydrogens (primary N) is 1. The maximum atomic E-state index is 12.4. The molecule has 0 spiro atoms. The van der Waals surface area contributed by atoms with Gasteiger partial charge in [-0.3, -0.25) is 0 Å². The predicted octanol–water partition coefficient (Wildman–Crippen LogP) is 2.58. The Balaban J connectivity index is 2.13. The minimum Gasteiger partial charge on any atom is -0.326 e. The van der Waals surface area contributed by atoms with Crippen molar-refractivity contribution < 1.29 is 8.42 Å². The number of halogens is 1. The predicted molar refractivity (Wildman–Crippen MR) is 81.2 cm³/mol. The van der Waals surface area contributed by atoms with Gasteiger partial charge in [0, 0.05) is 18.1 Å². The van der Waals surface area contributed by atoms with Crippen molar-refractivity contribution >= 4 is 21.6 Å². The van der Waals surface area contributed by atoms with Crippen molar-refractivity contribution in [2.75, 3.05) is 6.54 Å². The molecule has 2 rings (SSSR count). The van der Waals surface area contributed by atoms with Crippen molar-refractivity contribution in [2.24, 2.45) is 11.7 Å². The zero-order chi connectivity index (χ0) is 14.8. The molecule has 20 heavy (non-hydrogen) atoms. The van der Waals surface area contributed by atoms with Gasteiger partial charge in [-0.2, -0.15) is 0 Å². The zero-order valence-electron chi connectivity index (χ0n) is 11.7. The van der Waals surface area contributed by atoms with Crippen LogP contribution in [-0.2, 0) is 16.6 Å². The molecule has 0 saturated heterocycles. The van der Waals surface area contributed by atoms with Gasteiger partial charge in [0.1, 0.15) is 0 Å². The van der Waals surface area contributed by atoms with E-state index in [2.05, 4.69) is 4.72 Å². The third-order valence-corrected chi connectivity index (χ3v) is 5.82. The number of benzene rings is 1. The number of nitrogens with one attached hydrogen (secondary N) is 1. The minimum atomic E-state index is -3.52. The molecule has 3 N–H and O–H groups in total. The lowest BCUT2D eigenvalue weighted by Crippen LogP contribution is -2.28. The average Bonchev–Trinajstić information content (AvgIpc) is 2.34. The van der Waals surface area contributed by atoms with Crippen LogP contribution in [0.3, 0.4) is 0 Å². The summed E-state index contributed by atoms with van der Waals surface area (Å²) >= 11 is 5.98. The average molecular weight is 317 g/mol. The number of sulfonamides is 1. The van der Waals surface area contributed by atoms with Gasteiger partial charge in [0.15, 0.2) is 0 Å². The van der Waals surface area contributed by atoms with Crippen molar-refractivity contribution in [2.45, 2.75) is 44.0 Å². The molecule has 1 aromatic rings. The molecule has 0 atom stereocenters. The first kappa shape index (κ1) is 15.8. The highest BCUT2D eigenvalue weighted by Crippen LogP contribution is 2.29. The van der Waals surface area contributed by atoms with Gasteiger partial charge in [0.25, 0.3) is 0 Å². The van der Waals surface area contributed by atoms with Gasteiger partial charge < -0.3 is 5.73 Å². The number of hydrogen-bond donors (Lipinski definition) is 2. The summed E-state index contributed by atoms with van der Waals surface area (Å²) in [5, 5.41) is 0.399. The Morgan fingerprint density at radius 1 is 1.40 bits per heavy atom. The molecule has 0 aliphatic heterocycles. The lowest BCUT2D eigenvalue weighted by Gasteiger charge is -2.25. The van der Waals surface area contributed by atoms with Crippen molar-refractivity contribution in [3.05, 3.63) is 28.3 Å². The van der Waals surface area contributed by atoms with Gasteiger partial charge in [0.2, 0.25) is 10.0 Å². The van der Waals surface area contributed by atoms with Crippen LogP contribution in [0.25, 0.3) is 0 Å². The van der Waals surface area contributed by atoms with Gasteiger partial charge in [-0.15, -0.1) is 0 Å². The van der Waals surface area contributed by atoms with E-state index in [1.807, 2.05) is 0 Å². The summed E-state index contributed by atoms with van der Waals surface area (Å²) in [6, 6.07) is 3.20. The van der Waals surface area contributed by atoms with Crippen LogP contribution in [0.2, 0.25) is 5.02 Å². The van der Waals surface area contributed by atoms with E-state index < -0.39 is 10.0 Å². The summed E-state index contributed by atoms with van der Waals surface area (Å²) in [7, 11) is -3.52. The molecular weight excluding hydrogens is 296 g/mol. The molecule has 0 bridgehead atoms. The molecule has 1 aliphatic carbocycles. The van der Waals surface area contributed by atoms with Crippen LogP contribution in [0.4, 0.5) is 0 Å².